The van der Waals surface area contributed by atoms with Crippen molar-refractivity contribution in [2.45, 2.75) is 76.1 Å². The Bertz CT molecular complexity index is 236. The van der Waals surface area contributed by atoms with E-state index in [0.29, 0.717) is 5.37 Å². The van der Waals surface area contributed by atoms with Gasteiger partial charge in [-0.15, -0.1) is 11.8 Å². The summed E-state index contributed by atoms with van der Waals surface area (Å²) in [6.07, 6.45) is 11.8. The Labute approximate surface area is 115 Å². The summed E-state index contributed by atoms with van der Waals surface area (Å²) in [4.78, 5) is 10.8. The fourth-order valence-electron chi connectivity index (χ4n) is 2.31. The molecule has 0 aromatic carbocycles. The van der Waals surface area contributed by atoms with Crippen LogP contribution in [0.2, 0.25) is 0 Å². The van der Waals surface area contributed by atoms with Crippen LogP contribution in [0.15, 0.2) is 0 Å². The van der Waals surface area contributed by atoms with E-state index in [0.717, 1.165) is 12.2 Å². The molecule has 0 aromatic rings. The highest BCUT2D eigenvalue weighted by Crippen LogP contribution is 2.23. The van der Waals surface area contributed by atoms with Crippen molar-refractivity contribution >= 4 is 17.7 Å². The fraction of sp³-hybridized carbons (Fsp3) is 0.929. The van der Waals surface area contributed by atoms with Crippen molar-refractivity contribution in [3.05, 3.63) is 0 Å². The van der Waals surface area contributed by atoms with E-state index in [-0.39, 0.29) is 6.04 Å². The number of nitrogens with one attached hydrogen (secondary N) is 1. The van der Waals surface area contributed by atoms with E-state index in [4.69, 9.17) is 5.11 Å². The molecule has 3 nitrogen and oxygen atoms in total. The van der Waals surface area contributed by atoms with Crippen LogP contribution < -0.4 is 5.32 Å². The summed E-state index contributed by atoms with van der Waals surface area (Å²) in [7, 11) is 0. The van der Waals surface area contributed by atoms with Gasteiger partial charge in [-0.3, -0.25) is 10.1 Å². The van der Waals surface area contributed by atoms with Crippen molar-refractivity contribution in [3.8, 4) is 0 Å². The Morgan fingerprint density at radius 1 is 1.17 bits per heavy atom. The van der Waals surface area contributed by atoms with E-state index >= 15 is 0 Å². The highest BCUT2D eigenvalue weighted by atomic mass is 32.2. The van der Waals surface area contributed by atoms with Crippen molar-refractivity contribution in [1.82, 2.24) is 5.32 Å². The topological polar surface area (TPSA) is 49.3 Å². The van der Waals surface area contributed by atoms with Gasteiger partial charge in [0, 0.05) is 5.75 Å². The summed E-state index contributed by atoms with van der Waals surface area (Å²) < 4.78 is 0. The Morgan fingerprint density at radius 2 is 1.78 bits per heavy atom. The van der Waals surface area contributed by atoms with Gasteiger partial charge >= 0.3 is 5.97 Å². The van der Waals surface area contributed by atoms with Crippen molar-refractivity contribution in [3.63, 3.8) is 0 Å². The Kier molecular flexibility index (Phi) is 8.51. The zero-order chi connectivity index (χ0) is 13.2. The standard InChI is InChI=1S/C14H27NO2S/c1-2-3-4-5-6-7-8-9-10-13-15-12(11-18-13)14(16)17/h12-13,15H,2-11H2,1H3,(H,16,17)/t12-,13-/m1/s1. The van der Waals surface area contributed by atoms with Gasteiger partial charge in [0.05, 0.1) is 5.37 Å². The van der Waals surface area contributed by atoms with Crippen LogP contribution in [-0.2, 0) is 4.79 Å². The highest BCUT2D eigenvalue weighted by molar-refractivity contribution is 8.00. The second kappa shape index (κ2) is 9.68. The van der Waals surface area contributed by atoms with E-state index < -0.39 is 5.97 Å². The molecule has 0 saturated carbocycles. The maximum atomic E-state index is 10.8. The molecule has 0 radical (unpaired) electrons. The fourth-order valence-corrected chi connectivity index (χ4v) is 3.56. The van der Waals surface area contributed by atoms with E-state index in [2.05, 4.69) is 12.2 Å². The lowest BCUT2D eigenvalue weighted by atomic mass is 10.1. The monoisotopic (exact) mass is 273 g/mol. The molecule has 2 N–H and O–H groups in total. The first-order valence-corrected chi connectivity index (χ1v) is 8.39. The average Bonchev–Trinajstić information content (AvgIpc) is 2.81. The number of thioether (sulfide) groups is 1. The second-order valence-corrected chi connectivity index (χ2v) is 6.38. The first kappa shape index (κ1) is 15.8. The Balaban J connectivity index is 1.88. The molecule has 0 bridgehead atoms. The molecule has 1 saturated heterocycles. The lowest BCUT2D eigenvalue weighted by Gasteiger charge is -2.10. The minimum Gasteiger partial charge on any atom is -0.480 e. The summed E-state index contributed by atoms with van der Waals surface area (Å²) in [6.45, 7) is 2.25. The van der Waals surface area contributed by atoms with Crippen molar-refractivity contribution in [2.24, 2.45) is 0 Å². The van der Waals surface area contributed by atoms with Gasteiger partial charge in [-0.1, -0.05) is 58.3 Å². The third-order valence-corrected chi connectivity index (χ3v) is 4.77. The SMILES string of the molecule is CCCCCCCCCC[C@@H]1N[C@@H](C(=O)O)CS1. The first-order chi connectivity index (χ1) is 8.74. The summed E-state index contributed by atoms with van der Waals surface area (Å²) in [6, 6.07) is -0.325. The zero-order valence-corrected chi connectivity index (χ0v) is 12.3. The molecule has 4 heteroatoms. The van der Waals surface area contributed by atoms with Crippen LogP contribution in [0.4, 0.5) is 0 Å². The van der Waals surface area contributed by atoms with Gasteiger partial charge in [-0.2, -0.15) is 0 Å². The van der Waals surface area contributed by atoms with Gasteiger partial charge in [0.2, 0.25) is 0 Å². The average molecular weight is 273 g/mol. The van der Waals surface area contributed by atoms with Gasteiger partial charge < -0.3 is 5.11 Å². The van der Waals surface area contributed by atoms with Crippen LogP contribution in [0.5, 0.6) is 0 Å². The Hall–Kier alpha value is -0.220. The number of hydrogen-bond acceptors (Lipinski definition) is 3. The van der Waals surface area contributed by atoms with Crippen molar-refractivity contribution in [1.29, 1.82) is 0 Å². The molecular weight excluding hydrogens is 246 g/mol. The maximum absolute atomic E-state index is 10.8. The molecule has 18 heavy (non-hydrogen) atoms. The quantitative estimate of drug-likeness (QED) is 0.597. The molecule has 1 aliphatic rings. The second-order valence-electron chi connectivity index (χ2n) is 5.14. The molecule has 0 aromatic heterocycles. The Morgan fingerprint density at radius 3 is 2.33 bits per heavy atom. The van der Waals surface area contributed by atoms with Crippen LogP contribution in [0.1, 0.15) is 64.7 Å². The minimum absolute atomic E-state index is 0.325. The predicted molar refractivity (Wildman–Crippen MR) is 78.0 cm³/mol. The molecule has 0 amide bonds. The molecule has 1 aliphatic heterocycles. The molecular formula is C14H27NO2S. The number of carboxylic acids is 1. The van der Waals surface area contributed by atoms with E-state index in [9.17, 15) is 4.79 Å². The van der Waals surface area contributed by atoms with Crippen LogP contribution in [0.25, 0.3) is 0 Å². The number of unbranched alkanes of at least 4 members (excludes halogenated alkanes) is 7. The number of carboxylic acid groups (broad SMARTS) is 1. The van der Waals surface area contributed by atoms with Gasteiger partial charge in [0.1, 0.15) is 6.04 Å². The number of hydrogen-bond donors (Lipinski definition) is 2. The molecule has 0 aliphatic carbocycles. The van der Waals surface area contributed by atoms with E-state index in [1.807, 2.05) is 0 Å². The van der Waals surface area contributed by atoms with Crippen LogP contribution >= 0.6 is 11.8 Å². The lowest BCUT2D eigenvalue weighted by Crippen LogP contribution is -2.36. The molecule has 1 rings (SSSR count). The summed E-state index contributed by atoms with van der Waals surface area (Å²) >= 11 is 1.76. The van der Waals surface area contributed by atoms with Gasteiger partial charge in [-0.25, -0.2) is 0 Å². The molecule has 1 fully saturated rings. The molecule has 2 atom stereocenters. The van der Waals surface area contributed by atoms with Crippen LogP contribution in [-0.4, -0.2) is 28.2 Å². The molecule has 106 valence electrons. The summed E-state index contributed by atoms with van der Waals surface area (Å²) in [5.74, 6) is 0.0118. The van der Waals surface area contributed by atoms with Crippen molar-refractivity contribution < 1.29 is 9.90 Å². The normalized spacial score (nSPS) is 23.4. The van der Waals surface area contributed by atoms with Gasteiger partial charge in [-0.05, 0) is 6.42 Å². The molecule has 0 spiro atoms. The van der Waals surface area contributed by atoms with Gasteiger partial charge in [0.25, 0.3) is 0 Å². The number of carbonyl (C=O) groups is 1. The predicted octanol–water partition coefficient (Wildman–Crippen LogP) is 3.63. The minimum atomic E-state index is -0.707. The van der Waals surface area contributed by atoms with E-state index in [1.165, 1.54) is 51.4 Å². The maximum Gasteiger partial charge on any atom is 0.321 e. The van der Waals surface area contributed by atoms with E-state index in [1.54, 1.807) is 11.8 Å². The lowest BCUT2D eigenvalue weighted by molar-refractivity contribution is -0.138. The third-order valence-electron chi connectivity index (χ3n) is 3.47. The van der Waals surface area contributed by atoms with Gasteiger partial charge in [0.15, 0.2) is 0 Å². The highest BCUT2D eigenvalue weighted by Gasteiger charge is 2.28. The largest absolute Gasteiger partial charge is 0.480 e. The zero-order valence-electron chi connectivity index (χ0n) is 11.5. The number of rotatable bonds is 10. The first-order valence-electron chi connectivity index (χ1n) is 7.34. The number of aliphatic carboxylic acids is 1. The van der Waals surface area contributed by atoms with Crippen LogP contribution in [0.3, 0.4) is 0 Å². The molecule has 1 heterocycles. The molecule has 0 unspecified atom stereocenters. The summed E-state index contributed by atoms with van der Waals surface area (Å²) in [5, 5.41) is 12.4. The smallest absolute Gasteiger partial charge is 0.321 e. The van der Waals surface area contributed by atoms with Crippen molar-refractivity contribution in [2.75, 3.05) is 5.75 Å². The summed E-state index contributed by atoms with van der Waals surface area (Å²) in [5.41, 5.74) is 0. The third kappa shape index (κ3) is 6.64. The van der Waals surface area contributed by atoms with Crippen LogP contribution in [0, 0.1) is 0 Å².